The zero-order valence-corrected chi connectivity index (χ0v) is 16.3. The van der Waals surface area contributed by atoms with Crippen LogP contribution < -0.4 is 20.1 Å². The van der Waals surface area contributed by atoms with Crippen LogP contribution in [-0.2, 0) is 14.6 Å². The minimum absolute atomic E-state index is 0.102. The fourth-order valence-corrected chi connectivity index (χ4v) is 3.86. The van der Waals surface area contributed by atoms with Crippen molar-refractivity contribution in [3.8, 4) is 11.5 Å². The largest absolute Gasteiger partial charge is 0.493 e. The Balaban J connectivity index is 2.41. The summed E-state index contributed by atoms with van der Waals surface area (Å²) < 4.78 is 50.2. The average molecular weight is 408 g/mol. The summed E-state index contributed by atoms with van der Waals surface area (Å²) in [6.45, 7) is 3.58. The average Bonchev–Trinajstić information content (AvgIpc) is 2.70. The summed E-state index contributed by atoms with van der Waals surface area (Å²) >= 11 is 0. The van der Waals surface area contributed by atoms with E-state index in [2.05, 4.69) is 17.2 Å². The van der Waals surface area contributed by atoms with Gasteiger partial charge in [0, 0.05) is 12.6 Å². The molecule has 0 aromatic heterocycles. The number of methoxy groups -OCH3 is 2. The highest BCUT2D eigenvalue weighted by Crippen LogP contribution is 2.34. The van der Waals surface area contributed by atoms with E-state index < -0.39 is 15.7 Å². The van der Waals surface area contributed by atoms with Gasteiger partial charge in [0.2, 0.25) is 15.7 Å². The molecule has 0 fully saturated rings. The van der Waals surface area contributed by atoms with Gasteiger partial charge in [-0.1, -0.05) is 6.08 Å². The topological polar surface area (TPSA) is 93.7 Å². The van der Waals surface area contributed by atoms with E-state index in [0.717, 1.165) is 12.1 Å². The van der Waals surface area contributed by atoms with E-state index >= 15 is 0 Å². The maximum absolute atomic E-state index is 13.8. The number of rotatable bonds is 9. The van der Waals surface area contributed by atoms with Crippen LogP contribution in [0.25, 0.3) is 0 Å². The number of carbonyl (C=O) groups excluding carboxylic acids is 1. The minimum Gasteiger partial charge on any atom is -0.493 e. The van der Waals surface area contributed by atoms with Gasteiger partial charge in [-0.25, -0.2) is 12.8 Å². The predicted molar refractivity (Wildman–Crippen MR) is 103 cm³/mol. The molecule has 7 nitrogen and oxygen atoms in total. The predicted octanol–water partition coefficient (Wildman–Crippen LogP) is 2.39. The van der Waals surface area contributed by atoms with Crippen LogP contribution in [0.3, 0.4) is 0 Å². The number of carbonyl (C=O) groups is 1. The summed E-state index contributed by atoms with van der Waals surface area (Å²) in [4.78, 5) is 11.4. The second-order valence-corrected chi connectivity index (χ2v) is 7.53. The monoisotopic (exact) mass is 408 g/mol. The standard InChI is InChI=1S/C19H21FN2O5S/c1-4-9-21-19(23)12-22-15-7-5-13(20)10-18(15)28(24,25)14-6-8-16(26-2)17(11-14)27-3/h4-8,10-11,22H,1,9,12H2,2-3H3,(H,21,23). The lowest BCUT2D eigenvalue weighted by molar-refractivity contribution is -0.119. The molecule has 150 valence electrons. The summed E-state index contributed by atoms with van der Waals surface area (Å²) in [5.41, 5.74) is 0.102. The van der Waals surface area contributed by atoms with E-state index in [9.17, 15) is 17.6 Å². The van der Waals surface area contributed by atoms with Crippen LogP contribution in [0.4, 0.5) is 10.1 Å². The summed E-state index contributed by atoms with van der Waals surface area (Å²) in [5.74, 6) is -0.504. The highest BCUT2D eigenvalue weighted by molar-refractivity contribution is 7.91. The molecule has 9 heteroatoms. The van der Waals surface area contributed by atoms with Gasteiger partial charge >= 0.3 is 0 Å². The van der Waals surface area contributed by atoms with Crippen LogP contribution >= 0.6 is 0 Å². The van der Waals surface area contributed by atoms with Crippen molar-refractivity contribution in [2.24, 2.45) is 0 Å². The van der Waals surface area contributed by atoms with Gasteiger partial charge in [0.25, 0.3) is 0 Å². The lowest BCUT2D eigenvalue weighted by Crippen LogP contribution is -2.30. The van der Waals surface area contributed by atoms with Crippen molar-refractivity contribution in [3.63, 3.8) is 0 Å². The lowest BCUT2D eigenvalue weighted by atomic mass is 10.3. The molecule has 2 rings (SSSR count). The third kappa shape index (κ3) is 4.80. The van der Waals surface area contributed by atoms with Gasteiger partial charge < -0.3 is 20.1 Å². The molecule has 0 aliphatic rings. The third-order valence-corrected chi connectivity index (χ3v) is 5.57. The number of anilines is 1. The molecule has 0 heterocycles. The Morgan fingerprint density at radius 1 is 1.14 bits per heavy atom. The normalized spacial score (nSPS) is 10.8. The molecule has 0 unspecified atom stereocenters. The second kappa shape index (κ2) is 9.23. The van der Waals surface area contributed by atoms with E-state index in [1.54, 1.807) is 0 Å². The Bertz CT molecular complexity index is 976. The number of benzene rings is 2. The highest BCUT2D eigenvalue weighted by atomic mass is 32.2. The zero-order chi connectivity index (χ0) is 20.7. The van der Waals surface area contributed by atoms with Crippen LogP contribution in [0, 0.1) is 5.82 Å². The molecule has 0 spiro atoms. The number of halogens is 1. The number of sulfone groups is 1. The smallest absolute Gasteiger partial charge is 0.239 e. The number of nitrogens with one attached hydrogen (secondary N) is 2. The zero-order valence-electron chi connectivity index (χ0n) is 15.5. The van der Waals surface area contributed by atoms with Crippen molar-refractivity contribution in [2.75, 3.05) is 32.6 Å². The number of hydrogen-bond acceptors (Lipinski definition) is 6. The molecule has 0 saturated carbocycles. The maximum atomic E-state index is 13.8. The molecule has 0 radical (unpaired) electrons. The van der Waals surface area contributed by atoms with Crippen molar-refractivity contribution in [1.82, 2.24) is 5.32 Å². The Morgan fingerprint density at radius 3 is 2.50 bits per heavy atom. The van der Waals surface area contributed by atoms with Crippen molar-refractivity contribution in [1.29, 1.82) is 0 Å². The molecule has 0 bridgehead atoms. The molecule has 1 amide bonds. The van der Waals surface area contributed by atoms with Crippen LogP contribution in [0.2, 0.25) is 0 Å². The van der Waals surface area contributed by atoms with Crippen LogP contribution in [-0.4, -0.2) is 41.6 Å². The lowest BCUT2D eigenvalue weighted by Gasteiger charge is -2.14. The van der Waals surface area contributed by atoms with Crippen molar-refractivity contribution < 1.29 is 27.1 Å². The van der Waals surface area contributed by atoms with Crippen LogP contribution in [0.5, 0.6) is 11.5 Å². The quantitative estimate of drug-likeness (QED) is 0.619. The fourth-order valence-electron chi connectivity index (χ4n) is 2.40. The Labute approximate surface area is 163 Å². The van der Waals surface area contributed by atoms with Gasteiger partial charge in [-0.3, -0.25) is 4.79 Å². The van der Waals surface area contributed by atoms with Gasteiger partial charge in [-0.2, -0.15) is 0 Å². The maximum Gasteiger partial charge on any atom is 0.239 e. The molecular weight excluding hydrogens is 387 g/mol. The van der Waals surface area contributed by atoms with Crippen LogP contribution in [0.15, 0.2) is 58.8 Å². The molecule has 0 aliphatic carbocycles. The molecule has 0 saturated heterocycles. The molecule has 2 N–H and O–H groups in total. The first kappa shape index (κ1) is 21.2. The Morgan fingerprint density at radius 2 is 1.86 bits per heavy atom. The molecule has 0 aliphatic heterocycles. The van der Waals surface area contributed by atoms with Crippen LogP contribution in [0.1, 0.15) is 0 Å². The molecular formula is C19H21FN2O5S. The van der Waals surface area contributed by atoms with Gasteiger partial charge in [0.05, 0.1) is 36.2 Å². The van der Waals surface area contributed by atoms with Crippen molar-refractivity contribution >= 4 is 21.4 Å². The van der Waals surface area contributed by atoms with Crippen molar-refractivity contribution in [2.45, 2.75) is 9.79 Å². The second-order valence-electron chi connectivity index (χ2n) is 5.61. The number of amides is 1. The highest BCUT2D eigenvalue weighted by Gasteiger charge is 2.24. The van der Waals surface area contributed by atoms with E-state index in [1.165, 1.54) is 44.6 Å². The van der Waals surface area contributed by atoms with Gasteiger partial charge in [0.15, 0.2) is 11.5 Å². The molecule has 2 aromatic rings. The minimum atomic E-state index is -4.10. The summed E-state index contributed by atoms with van der Waals surface area (Å²) in [6, 6.07) is 7.35. The van der Waals surface area contributed by atoms with E-state index in [1.807, 2.05) is 0 Å². The number of hydrogen-bond donors (Lipinski definition) is 2. The van der Waals surface area contributed by atoms with Gasteiger partial charge in [-0.15, -0.1) is 6.58 Å². The van der Waals surface area contributed by atoms with Gasteiger partial charge in [0.1, 0.15) is 5.82 Å². The summed E-state index contributed by atoms with van der Waals surface area (Å²) in [7, 11) is -1.29. The SMILES string of the molecule is C=CCNC(=O)CNc1ccc(F)cc1S(=O)(=O)c1ccc(OC)c(OC)c1. The molecule has 28 heavy (non-hydrogen) atoms. The molecule has 2 aromatic carbocycles. The van der Waals surface area contributed by atoms with Gasteiger partial charge in [-0.05, 0) is 30.3 Å². The van der Waals surface area contributed by atoms with Crippen molar-refractivity contribution in [3.05, 3.63) is 54.9 Å². The van der Waals surface area contributed by atoms with E-state index in [-0.39, 0.29) is 40.2 Å². The Hall–Kier alpha value is -3.07. The number of ether oxygens (including phenoxy) is 2. The summed E-state index contributed by atoms with van der Waals surface area (Å²) in [5, 5.41) is 5.29. The first-order valence-corrected chi connectivity index (χ1v) is 9.70. The molecule has 0 atom stereocenters. The first-order chi connectivity index (χ1) is 13.3. The Kier molecular flexibility index (Phi) is 7.00. The van der Waals surface area contributed by atoms with E-state index in [4.69, 9.17) is 9.47 Å². The van der Waals surface area contributed by atoms with E-state index in [0.29, 0.717) is 5.75 Å². The fraction of sp³-hybridized carbons (Fsp3) is 0.211. The summed E-state index contributed by atoms with van der Waals surface area (Å²) in [6.07, 6.45) is 1.52. The third-order valence-electron chi connectivity index (χ3n) is 3.78. The first-order valence-electron chi connectivity index (χ1n) is 8.21.